The van der Waals surface area contributed by atoms with Crippen LogP contribution >= 0.6 is 0 Å². The first kappa shape index (κ1) is 15.0. The molecule has 1 N–H and O–H groups in total. The van der Waals surface area contributed by atoms with E-state index >= 15 is 0 Å². The summed E-state index contributed by atoms with van der Waals surface area (Å²) < 4.78 is 5.43. The standard InChI is InChI=1S/C15H26N2O/c1-5-18-15-8-6-14(7-9-15)12-17(4)11-10-16-13(2)3/h6-9,13,16H,5,10-12H2,1-4H3. The molecule has 0 unspecified atom stereocenters. The molecule has 3 nitrogen and oxygen atoms in total. The van der Waals surface area contributed by atoms with Crippen LogP contribution in [0, 0.1) is 0 Å². The molecule has 18 heavy (non-hydrogen) atoms. The van der Waals surface area contributed by atoms with Gasteiger partial charge in [-0.2, -0.15) is 0 Å². The molecule has 1 rings (SSSR count). The minimum absolute atomic E-state index is 0.559. The maximum Gasteiger partial charge on any atom is 0.119 e. The van der Waals surface area contributed by atoms with E-state index in [0.717, 1.165) is 32.0 Å². The summed E-state index contributed by atoms with van der Waals surface area (Å²) in [6, 6.07) is 8.91. The Hall–Kier alpha value is -1.06. The van der Waals surface area contributed by atoms with E-state index in [2.05, 4.69) is 43.2 Å². The molecule has 0 radical (unpaired) electrons. The van der Waals surface area contributed by atoms with Crippen molar-refractivity contribution in [3.05, 3.63) is 29.8 Å². The van der Waals surface area contributed by atoms with Crippen LogP contribution < -0.4 is 10.1 Å². The fraction of sp³-hybridized carbons (Fsp3) is 0.600. The summed E-state index contributed by atoms with van der Waals surface area (Å²) in [6.07, 6.45) is 0. The number of rotatable bonds is 8. The fourth-order valence-corrected chi connectivity index (χ4v) is 1.79. The normalized spacial score (nSPS) is 11.2. The summed E-state index contributed by atoms with van der Waals surface area (Å²) in [5.41, 5.74) is 1.32. The quantitative estimate of drug-likeness (QED) is 0.767. The van der Waals surface area contributed by atoms with E-state index in [-0.39, 0.29) is 0 Å². The van der Waals surface area contributed by atoms with Crippen molar-refractivity contribution in [2.24, 2.45) is 0 Å². The minimum atomic E-state index is 0.559. The largest absolute Gasteiger partial charge is 0.494 e. The summed E-state index contributed by atoms with van der Waals surface area (Å²) >= 11 is 0. The monoisotopic (exact) mass is 250 g/mol. The van der Waals surface area contributed by atoms with Gasteiger partial charge in [0.05, 0.1) is 6.61 Å². The van der Waals surface area contributed by atoms with Gasteiger partial charge in [0.25, 0.3) is 0 Å². The van der Waals surface area contributed by atoms with Crippen LogP contribution in [0.4, 0.5) is 0 Å². The van der Waals surface area contributed by atoms with Gasteiger partial charge in [0.1, 0.15) is 5.75 Å². The highest BCUT2D eigenvalue weighted by Crippen LogP contribution is 2.13. The third-order valence-corrected chi connectivity index (χ3v) is 2.73. The summed E-state index contributed by atoms with van der Waals surface area (Å²) in [5, 5.41) is 3.43. The van der Waals surface area contributed by atoms with Gasteiger partial charge in [0, 0.05) is 25.7 Å². The molecule has 0 bridgehead atoms. The van der Waals surface area contributed by atoms with Gasteiger partial charge in [-0.15, -0.1) is 0 Å². The first-order valence-corrected chi connectivity index (χ1v) is 6.75. The lowest BCUT2D eigenvalue weighted by molar-refractivity contribution is 0.319. The number of nitrogens with zero attached hydrogens (tertiary/aromatic N) is 1. The number of hydrogen-bond donors (Lipinski definition) is 1. The van der Waals surface area contributed by atoms with Crippen LogP contribution in [0.5, 0.6) is 5.75 Å². The number of nitrogens with one attached hydrogen (secondary N) is 1. The van der Waals surface area contributed by atoms with Gasteiger partial charge >= 0.3 is 0 Å². The Bertz CT molecular complexity index is 322. The van der Waals surface area contributed by atoms with Crippen LogP contribution in [0.2, 0.25) is 0 Å². The molecule has 0 amide bonds. The van der Waals surface area contributed by atoms with Crippen molar-refractivity contribution in [2.75, 3.05) is 26.7 Å². The maximum atomic E-state index is 5.43. The van der Waals surface area contributed by atoms with Crippen molar-refractivity contribution in [3.63, 3.8) is 0 Å². The van der Waals surface area contributed by atoms with Gasteiger partial charge in [0.2, 0.25) is 0 Å². The van der Waals surface area contributed by atoms with Crippen LogP contribution in [-0.4, -0.2) is 37.7 Å². The maximum absolute atomic E-state index is 5.43. The molecule has 0 saturated carbocycles. The SMILES string of the molecule is CCOc1ccc(CN(C)CCNC(C)C)cc1. The zero-order chi connectivity index (χ0) is 13.4. The molecule has 0 aliphatic heterocycles. The van der Waals surface area contributed by atoms with E-state index in [1.807, 2.05) is 19.1 Å². The Labute approximate surface area is 111 Å². The molecule has 0 aromatic heterocycles. The van der Waals surface area contributed by atoms with Gasteiger partial charge in [-0.3, -0.25) is 0 Å². The molecule has 0 aliphatic rings. The second kappa shape index (κ2) is 8.11. The van der Waals surface area contributed by atoms with Gasteiger partial charge in [-0.25, -0.2) is 0 Å². The molecule has 0 atom stereocenters. The predicted molar refractivity (Wildman–Crippen MR) is 77.1 cm³/mol. The Balaban J connectivity index is 2.32. The molecule has 0 saturated heterocycles. The van der Waals surface area contributed by atoms with E-state index < -0.39 is 0 Å². The number of benzene rings is 1. The smallest absolute Gasteiger partial charge is 0.119 e. The predicted octanol–water partition coefficient (Wildman–Crippen LogP) is 2.52. The first-order chi connectivity index (χ1) is 8.61. The van der Waals surface area contributed by atoms with E-state index in [1.165, 1.54) is 5.56 Å². The van der Waals surface area contributed by atoms with Crippen LogP contribution in [0.3, 0.4) is 0 Å². The lowest BCUT2D eigenvalue weighted by atomic mass is 10.2. The van der Waals surface area contributed by atoms with Crippen molar-refractivity contribution in [1.29, 1.82) is 0 Å². The van der Waals surface area contributed by atoms with Crippen LogP contribution in [-0.2, 0) is 6.54 Å². The van der Waals surface area contributed by atoms with Gasteiger partial charge in [0.15, 0.2) is 0 Å². The highest BCUT2D eigenvalue weighted by Gasteiger charge is 2.01. The average molecular weight is 250 g/mol. The Morgan fingerprint density at radius 3 is 2.44 bits per heavy atom. The van der Waals surface area contributed by atoms with Crippen molar-refractivity contribution in [3.8, 4) is 5.75 Å². The third-order valence-electron chi connectivity index (χ3n) is 2.73. The van der Waals surface area contributed by atoms with E-state index in [9.17, 15) is 0 Å². The van der Waals surface area contributed by atoms with E-state index in [0.29, 0.717) is 6.04 Å². The van der Waals surface area contributed by atoms with Gasteiger partial charge < -0.3 is 15.0 Å². The van der Waals surface area contributed by atoms with Gasteiger partial charge in [-0.05, 0) is 31.7 Å². The first-order valence-electron chi connectivity index (χ1n) is 6.75. The topological polar surface area (TPSA) is 24.5 Å². The second-order valence-corrected chi connectivity index (χ2v) is 4.92. The Morgan fingerprint density at radius 2 is 1.89 bits per heavy atom. The molecule has 0 aliphatic carbocycles. The van der Waals surface area contributed by atoms with Crippen LogP contribution in [0.15, 0.2) is 24.3 Å². The molecule has 0 spiro atoms. The lowest BCUT2D eigenvalue weighted by Gasteiger charge is -2.18. The van der Waals surface area contributed by atoms with Crippen LogP contribution in [0.1, 0.15) is 26.3 Å². The zero-order valence-corrected chi connectivity index (χ0v) is 12.1. The lowest BCUT2D eigenvalue weighted by Crippen LogP contribution is -2.32. The van der Waals surface area contributed by atoms with E-state index in [1.54, 1.807) is 0 Å². The molecule has 3 heteroatoms. The molecular formula is C15H26N2O. The molecule has 0 heterocycles. The average Bonchev–Trinajstić information content (AvgIpc) is 2.31. The van der Waals surface area contributed by atoms with Crippen LogP contribution in [0.25, 0.3) is 0 Å². The third kappa shape index (κ3) is 6.03. The molecule has 1 aromatic carbocycles. The van der Waals surface area contributed by atoms with Crippen molar-refractivity contribution >= 4 is 0 Å². The van der Waals surface area contributed by atoms with Crippen molar-refractivity contribution in [2.45, 2.75) is 33.4 Å². The second-order valence-electron chi connectivity index (χ2n) is 4.92. The minimum Gasteiger partial charge on any atom is -0.494 e. The number of ether oxygens (including phenoxy) is 1. The summed E-state index contributed by atoms with van der Waals surface area (Å²) in [6.45, 7) is 10.1. The van der Waals surface area contributed by atoms with Crippen molar-refractivity contribution in [1.82, 2.24) is 10.2 Å². The number of likely N-dealkylation sites (N-methyl/N-ethyl adjacent to an activating group) is 1. The molecule has 1 aromatic rings. The summed E-state index contributed by atoms with van der Waals surface area (Å²) in [4.78, 5) is 2.32. The fourth-order valence-electron chi connectivity index (χ4n) is 1.79. The molecule has 0 fully saturated rings. The molecular weight excluding hydrogens is 224 g/mol. The summed E-state index contributed by atoms with van der Waals surface area (Å²) in [5.74, 6) is 0.949. The zero-order valence-electron chi connectivity index (χ0n) is 12.1. The number of hydrogen-bond acceptors (Lipinski definition) is 3. The van der Waals surface area contributed by atoms with Crippen molar-refractivity contribution < 1.29 is 4.74 Å². The van der Waals surface area contributed by atoms with Gasteiger partial charge in [-0.1, -0.05) is 26.0 Å². The Kier molecular flexibility index (Phi) is 6.76. The highest BCUT2D eigenvalue weighted by molar-refractivity contribution is 5.27. The highest BCUT2D eigenvalue weighted by atomic mass is 16.5. The summed E-state index contributed by atoms with van der Waals surface area (Å²) in [7, 11) is 2.15. The Morgan fingerprint density at radius 1 is 1.22 bits per heavy atom. The molecule has 102 valence electrons. The van der Waals surface area contributed by atoms with E-state index in [4.69, 9.17) is 4.74 Å².